The van der Waals surface area contributed by atoms with Gasteiger partial charge in [-0.15, -0.1) is 0 Å². The van der Waals surface area contributed by atoms with Gasteiger partial charge >= 0.3 is 11.9 Å². The van der Waals surface area contributed by atoms with E-state index >= 15 is 0 Å². The quantitative estimate of drug-likeness (QED) is 0.479. The standard InChI is InChI=1S/C16H12O5S/c17-13-11-10-6-7-16(21-10,12(11)14(18)20-13)8-22-15(19)9-4-2-1-3-5-9/h1-7,10-12H,8H2/t10-,11-,12+,16-/m0/s1. The van der Waals surface area contributed by atoms with Gasteiger partial charge in [-0.05, 0) is 0 Å². The molecule has 0 saturated carbocycles. The molecule has 0 unspecified atom stereocenters. The van der Waals surface area contributed by atoms with Crippen LogP contribution in [0.4, 0.5) is 0 Å². The smallest absolute Gasteiger partial charge is 0.320 e. The molecule has 3 aliphatic rings. The maximum atomic E-state index is 12.2. The molecule has 1 aromatic carbocycles. The second-order valence-electron chi connectivity index (χ2n) is 5.58. The Balaban J connectivity index is 1.53. The SMILES string of the molecule is O=C(SC[C@]12C=C[C@H](O1)[C@@H]1C(=O)OC(=O)[C@@H]12)c1ccccc1. The van der Waals surface area contributed by atoms with Crippen molar-refractivity contribution in [1.82, 2.24) is 0 Å². The highest BCUT2D eigenvalue weighted by atomic mass is 32.2. The van der Waals surface area contributed by atoms with Crippen molar-refractivity contribution < 1.29 is 23.9 Å². The van der Waals surface area contributed by atoms with E-state index in [4.69, 9.17) is 9.47 Å². The number of hydrogen-bond acceptors (Lipinski definition) is 6. The maximum absolute atomic E-state index is 12.2. The van der Waals surface area contributed by atoms with Crippen LogP contribution in [-0.2, 0) is 19.1 Å². The fourth-order valence-corrected chi connectivity index (χ4v) is 4.31. The first-order valence-electron chi connectivity index (χ1n) is 6.96. The number of ether oxygens (including phenoxy) is 2. The number of esters is 2. The van der Waals surface area contributed by atoms with Crippen molar-refractivity contribution >= 4 is 28.8 Å². The topological polar surface area (TPSA) is 69.7 Å². The van der Waals surface area contributed by atoms with Crippen LogP contribution in [0.15, 0.2) is 42.5 Å². The monoisotopic (exact) mass is 316 g/mol. The van der Waals surface area contributed by atoms with E-state index < -0.39 is 35.5 Å². The first kappa shape index (κ1) is 13.7. The molecule has 112 valence electrons. The number of cyclic esters (lactones) is 2. The molecule has 3 heterocycles. The predicted octanol–water partition coefficient (Wildman–Crippen LogP) is 1.58. The molecule has 3 aliphatic heterocycles. The Morgan fingerprint density at radius 2 is 1.95 bits per heavy atom. The van der Waals surface area contributed by atoms with Crippen LogP contribution in [0.2, 0.25) is 0 Å². The van der Waals surface area contributed by atoms with Crippen LogP contribution in [0.1, 0.15) is 10.4 Å². The third kappa shape index (κ3) is 1.87. The summed E-state index contributed by atoms with van der Waals surface area (Å²) in [5.74, 6) is -1.98. The largest absolute Gasteiger partial charge is 0.393 e. The Bertz CT molecular complexity index is 698. The van der Waals surface area contributed by atoms with Crippen molar-refractivity contribution in [1.29, 1.82) is 0 Å². The van der Waals surface area contributed by atoms with Crippen LogP contribution in [0.25, 0.3) is 0 Å². The van der Waals surface area contributed by atoms with Gasteiger partial charge in [0.2, 0.25) is 5.12 Å². The van der Waals surface area contributed by atoms with Crippen LogP contribution < -0.4 is 0 Å². The van der Waals surface area contributed by atoms with Gasteiger partial charge in [0.05, 0.1) is 6.10 Å². The van der Waals surface area contributed by atoms with Crippen molar-refractivity contribution in [3.05, 3.63) is 48.0 Å². The Hall–Kier alpha value is -1.92. The molecule has 2 saturated heterocycles. The predicted molar refractivity (Wildman–Crippen MR) is 78.1 cm³/mol. The Morgan fingerprint density at radius 3 is 2.73 bits per heavy atom. The minimum atomic E-state index is -0.909. The number of thioether (sulfide) groups is 1. The van der Waals surface area contributed by atoms with E-state index in [1.807, 2.05) is 6.07 Å². The van der Waals surface area contributed by atoms with Gasteiger partial charge in [0, 0.05) is 11.3 Å². The summed E-state index contributed by atoms with van der Waals surface area (Å²) < 4.78 is 10.6. The molecular weight excluding hydrogens is 304 g/mol. The lowest BCUT2D eigenvalue weighted by Gasteiger charge is -2.26. The van der Waals surface area contributed by atoms with E-state index in [0.717, 1.165) is 11.8 Å². The van der Waals surface area contributed by atoms with Gasteiger partial charge in [-0.2, -0.15) is 0 Å². The summed E-state index contributed by atoms with van der Waals surface area (Å²) in [5.41, 5.74) is -0.310. The van der Waals surface area contributed by atoms with Gasteiger partial charge in [0.15, 0.2) is 0 Å². The maximum Gasteiger partial charge on any atom is 0.320 e. The highest BCUT2D eigenvalue weighted by Crippen LogP contribution is 2.52. The van der Waals surface area contributed by atoms with E-state index in [9.17, 15) is 14.4 Å². The van der Waals surface area contributed by atoms with E-state index in [-0.39, 0.29) is 10.9 Å². The molecule has 0 aromatic heterocycles. The molecule has 4 rings (SSSR count). The van der Waals surface area contributed by atoms with E-state index in [1.165, 1.54) is 0 Å². The summed E-state index contributed by atoms with van der Waals surface area (Å²) >= 11 is 1.09. The lowest BCUT2D eigenvalue weighted by atomic mass is 9.78. The second kappa shape index (κ2) is 4.79. The fraction of sp³-hybridized carbons (Fsp3) is 0.312. The fourth-order valence-electron chi connectivity index (χ4n) is 3.31. The third-order valence-corrected chi connectivity index (χ3v) is 5.42. The van der Waals surface area contributed by atoms with E-state index in [1.54, 1.807) is 36.4 Å². The Kier molecular flexibility index (Phi) is 2.99. The van der Waals surface area contributed by atoms with Gasteiger partial charge in [-0.1, -0.05) is 54.2 Å². The minimum absolute atomic E-state index is 0.0865. The van der Waals surface area contributed by atoms with Crippen LogP contribution in [-0.4, -0.2) is 34.5 Å². The molecule has 0 N–H and O–H groups in total. The molecule has 1 aromatic rings. The molecular formula is C16H12O5S. The van der Waals surface area contributed by atoms with Crippen LogP contribution in [0, 0.1) is 11.8 Å². The lowest BCUT2D eigenvalue weighted by Crippen LogP contribution is -2.40. The summed E-state index contributed by atoms with van der Waals surface area (Å²) in [7, 11) is 0. The molecule has 2 bridgehead atoms. The van der Waals surface area contributed by atoms with Crippen molar-refractivity contribution in [2.75, 3.05) is 5.75 Å². The van der Waals surface area contributed by atoms with Gasteiger partial charge < -0.3 is 9.47 Å². The summed E-state index contributed by atoms with van der Waals surface area (Å²) in [6.45, 7) is 0. The number of rotatable bonds is 3. The molecule has 6 heteroatoms. The van der Waals surface area contributed by atoms with E-state index in [2.05, 4.69) is 0 Å². The number of hydrogen-bond donors (Lipinski definition) is 0. The zero-order valence-electron chi connectivity index (χ0n) is 11.4. The highest BCUT2D eigenvalue weighted by Gasteiger charge is 2.66. The number of carbonyl (C=O) groups excluding carboxylic acids is 3. The molecule has 22 heavy (non-hydrogen) atoms. The molecule has 0 spiro atoms. The zero-order chi connectivity index (χ0) is 15.3. The molecule has 0 aliphatic carbocycles. The average Bonchev–Trinajstić information content (AvgIpc) is 3.18. The first-order chi connectivity index (χ1) is 10.6. The number of carbonyl (C=O) groups is 3. The van der Waals surface area contributed by atoms with Gasteiger partial charge in [-0.3, -0.25) is 14.4 Å². The van der Waals surface area contributed by atoms with Crippen molar-refractivity contribution in [2.45, 2.75) is 11.7 Å². The summed E-state index contributed by atoms with van der Waals surface area (Å²) in [4.78, 5) is 35.9. The summed E-state index contributed by atoms with van der Waals surface area (Å²) in [5, 5.41) is -0.0865. The van der Waals surface area contributed by atoms with Crippen molar-refractivity contribution in [3.8, 4) is 0 Å². The Labute approximate surface area is 130 Å². The van der Waals surface area contributed by atoms with Crippen LogP contribution in [0.3, 0.4) is 0 Å². The van der Waals surface area contributed by atoms with Crippen LogP contribution in [0.5, 0.6) is 0 Å². The number of benzene rings is 1. The van der Waals surface area contributed by atoms with Crippen molar-refractivity contribution in [3.63, 3.8) is 0 Å². The third-order valence-electron chi connectivity index (χ3n) is 4.33. The molecule has 0 amide bonds. The molecule has 2 fully saturated rings. The molecule has 4 atom stereocenters. The average molecular weight is 316 g/mol. The summed E-state index contributed by atoms with van der Waals surface area (Å²) in [6, 6.07) is 8.92. The van der Waals surface area contributed by atoms with Crippen LogP contribution >= 0.6 is 11.8 Å². The normalized spacial score (nSPS) is 34.8. The lowest BCUT2D eigenvalue weighted by molar-refractivity contribution is -0.157. The molecule has 5 nitrogen and oxygen atoms in total. The first-order valence-corrected chi connectivity index (χ1v) is 7.94. The van der Waals surface area contributed by atoms with E-state index in [0.29, 0.717) is 5.56 Å². The molecule has 0 radical (unpaired) electrons. The van der Waals surface area contributed by atoms with Gasteiger partial charge in [-0.25, -0.2) is 0 Å². The van der Waals surface area contributed by atoms with Gasteiger partial charge in [0.25, 0.3) is 0 Å². The Morgan fingerprint density at radius 1 is 1.18 bits per heavy atom. The minimum Gasteiger partial charge on any atom is -0.393 e. The second-order valence-corrected chi connectivity index (χ2v) is 6.53. The van der Waals surface area contributed by atoms with Crippen molar-refractivity contribution in [2.24, 2.45) is 11.8 Å². The highest BCUT2D eigenvalue weighted by molar-refractivity contribution is 8.14. The van der Waals surface area contributed by atoms with Gasteiger partial charge in [0.1, 0.15) is 17.4 Å². The summed E-state index contributed by atoms with van der Waals surface area (Å²) in [6.07, 6.45) is 3.16. The zero-order valence-corrected chi connectivity index (χ0v) is 12.2. The number of fused-ring (bicyclic) bond motifs is 5.